The molecule has 0 bridgehead atoms. The van der Waals surface area contributed by atoms with Gasteiger partial charge in [0, 0.05) is 5.25 Å². The van der Waals surface area contributed by atoms with Gasteiger partial charge < -0.3 is 0 Å². The Morgan fingerprint density at radius 1 is 1.15 bits per heavy atom. The molecule has 2 aromatic rings. The Balaban J connectivity index is 1.72. The van der Waals surface area contributed by atoms with Crippen LogP contribution in [0.15, 0.2) is 36.4 Å². The highest BCUT2D eigenvalue weighted by atomic mass is 35.5. The third-order valence-corrected chi connectivity index (χ3v) is 5.87. The summed E-state index contributed by atoms with van der Waals surface area (Å²) in [5.74, 6) is -1.23. The van der Waals surface area contributed by atoms with Gasteiger partial charge in [0.25, 0.3) is 5.91 Å². The van der Waals surface area contributed by atoms with Crippen molar-refractivity contribution >= 4 is 29.5 Å². The van der Waals surface area contributed by atoms with Crippen molar-refractivity contribution in [3.8, 4) is 11.1 Å². The molecule has 2 N–H and O–H groups in total. The lowest BCUT2D eigenvalue weighted by molar-refractivity contribution is 0.0943. The van der Waals surface area contributed by atoms with E-state index in [1.165, 1.54) is 37.3 Å². The zero-order chi connectivity index (χ0) is 18.5. The monoisotopic (exact) mass is 392 g/mol. The average molecular weight is 393 g/mol. The van der Waals surface area contributed by atoms with Crippen LogP contribution in [-0.4, -0.2) is 11.2 Å². The lowest BCUT2D eigenvalue weighted by atomic mass is 10.0. The second-order valence-electron chi connectivity index (χ2n) is 6.62. The number of nitrogens with one attached hydrogen (secondary N) is 2. The zero-order valence-electron chi connectivity index (χ0n) is 14.6. The molecule has 3 rings (SSSR count). The number of rotatable bonds is 5. The van der Waals surface area contributed by atoms with Gasteiger partial charge in [-0.1, -0.05) is 72.6 Å². The van der Waals surface area contributed by atoms with Gasteiger partial charge in [-0.25, -0.2) is 4.39 Å². The Morgan fingerprint density at radius 2 is 1.92 bits per heavy atom. The van der Waals surface area contributed by atoms with Crippen molar-refractivity contribution in [1.29, 1.82) is 0 Å². The minimum absolute atomic E-state index is 0.0610. The molecule has 0 atom stereocenters. The van der Waals surface area contributed by atoms with Crippen LogP contribution in [0.5, 0.6) is 0 Å². The van der Waals surface area contributed by atoms with Crippen molar-refractivity contribution in [2.45, 2.75) is 44.3 Å². The molecule has 3 nitrogen and oxygen atoms in total. The highest BCUT2D eigenvalue weighted by Gasteiger charge is 2.18. The second-order valence-corrected chi connectivity index (χ2v) is 8.14. The van der Waals surface area contributed by atoms with Gasteiger partial charge in [-0.3, -0.25) is 10.2 Å². The van der Waals surface area contributed by atoms with Gasteiger partial charge >= 0.3 is 0 Å². The topological polar surface area (TPSA) is 41.1 Å². The van der Waals surface area contributed by atoms with Gasteiger partial charge in [0.15, 0.2) is 5.82 Å². The van der Waals surface area contributed by atoms with Crippen molar-refractivity contribution in [1.82, 2.24) is 10.3 Å². The molecule has 0 spiro atoms. The summed E-state index contributed by atoms with van der Waals surface area (Å²) >= 11 is 7.52. The summed E-state index contributed by atoms with van der Waals surface area (Å²) in [5, 5.41) is 0.421. The first-order chi connectivity index (χ1) is 12.5. The number of carbonyl (C=O) groups is 1. The molecule has 0 unspecified atom stereocenters. The van der Waals surface area contributed by atoms with Crippen LogP contribution < -0.4 is 10.3 Å². The predicted molar refractivity (Wildman–Crippen MR) is 107 cm³/mol. The van der Waals surface area contributed by atoms with Crippen LogP contribution in [0, 0.1) is 12.7 Å². The average Bonchev–Trinajstić information content (AvgIpc) is 2.64. The molecule has 1 fully saturated rings. The van der Waals surface area contributed by atoms with Crippen LogP contribution in [0.3, 0.4) is 0 Å². The number of halogens is 2. The molecule has 1 saturated carbocycles. The van der Waals surface area contributed by atoms with Crippen molar-refractivity contribution in [2.24, 2.45) is 0 Å². The number of benzene rings is 2. The van der Waals surface area contributed by atoms with Gasteiger partial charge in [-0.2, -0.15) is 4.83 Å². The molecular formula is C20H22ClFN2OS. The molecule has 2 aromatic carbocycles. The van der Waals surface area contributed by atoms with E-state index in [0.29, 0.717) is 10.8 Å². The summed E-state index contributed by atoms with van der Waals surface area (Å²) in [6, 6.07) is 10.9. The van der Waals surface area contributed by atoms with E-state index in [-0.39, 0.29) is 10.6 Å². The number of hydrazine groups is 1. The fourth-order valence-corrected chi connectivity index (χ4v) is 4.26. The normalized spacial score (nSPS) is 15.0. The number of aryl methyl sites for hydroxylation is 1. The van der Waals surface area contributed by atoms with E-state index in [4.69, 9.17) is 11.6 Å². The smallest absolute Gasteiger partial charge is 0.269 e. The first-order valence-electron chi connectivity index (χ1n) is 8.81. The van der Waals surface area contributed by atoms with Gasteiger partial charge in [-0.15, -0.1) is 0 Å². The van der Waals surface area contributed by atoms with Crippen molar-refractivity contribution in [2.75, 3.05) is 0 Å². The van der Waals surface area contributed by atoms with Crippen molar-refractivity contribution in [3.63, 3.8) is 0 Å². The van der Waals surface area contributed by atoms with E-state index in [9.17, 15) is 9.18 Å². The molecule has 1 amide bonds. The third-order valence-electron chi connectivity index (χ3n) is 4.57. The van der Waals surface area contributed by atoms with Crippen LogP contribution >= 0.6 is 23.5 Å². The van der Waals surface area contributed by atoms with Gasteiger partial charge in [0.1, 0.15) is 0 Å². The molecule has 0 heterocycles. The fraction of sp³-hybridized carbons (Fsp3) is 0.350. The summed E-state index contributed by atoms with van der Waals surface area (Å²) in [4.78, 5) is 15.3. The largest absolute Gasteiger partial charge is 0.277 e. The quantitative estimate of drug-likeness (QED) is 0.508. The SMILES string of the molecule is Cc1cccc(-c2cc(Cl)c(F)c(C(=O)NNSC3CCCCC3)c2)c1. The van der Waals surface area contributed by atoms with Crippen LogP contribution in [0.4, 0.5) is 4.39 Å². The maximum Gasteiger partial charge on any atom is 0.269 e. The molecular weight excluding hydrogens is 371 g/mol. The van der Waals surface area contributed by atoms with E-state index >= 15 is 0 Å². The molecule has 1 aliphatic rings. The summed E-state index contributed by atoms with van der Waals surface area (Å²) in [6.45, 7) is 1.98. The van der Waals surface area contributed by atoms with Crippen molar-refractivity contribution < 1.29 is 9.18 Å². The first kappa shape index (κ1) is 19.2. The second kappa shape index (κ2) is 8.89. The molecule has 1 aliphatic carbocycles. The number of hydrogen-bond acceptors (Lipinski definition) is 3. The summed E-state index contributed by atoms with van der Waals surface area (Å²) < 4.78 is 14.4. The Bertz CT molecular complexity index is 793. The number of hydrogen-bond donors (Lipinski definition) is 2. The Morgan fingerprint density at radius 3 is 2.65 bits per heavy atom. The Kier molecular flexibility index (Phi) is 6.57. The lowest BCUT2D eigenvalue weighted by Crippen LogP contribution is -2.35. The minimum atomic E-state index is -0.704. The van der Waals surface area contributed by atoms with E-state index in [2.05, 4.69) is 10.3 Å². The minimum Gasteiger partial charge on any atom is -0.277 e. The van der Waals surface area contributed by atoms with E-state index < -0.39 is 11.7 Å². The molecule has 0 saturated heterocycles. The van der Waals surface area contributed by atoms with Crippen LogP contribution in [-0.2, 0) is 0 Å². The molecule has 6 heteroatoms. The Hall–Kier alpha value is -1.56. The molecule has 0 aromatic heterocycles. The third kappa shape index (κ3) is 4.78. The van der Waals surface area contributed by atoms with Crippen molar-refractivity contribution in [3.05, 3.63) is 58.4 Å². The zero-order valence-corrected chi connectivity index (χ0v) is 16.2. The molecule has 0 radical (unpaired) electrons. The van der Waals surface area contributed by atoms with Crippen LogP contribution in [0.25, 0.3) is 11.1 Å². The highest BCUT2D eigenvalue weighted by molar-refractivity contribution is 7.98. The standard InChI is InChI=1S/C20H22ClFN2OS/c1-13-6-5-7-14(10-13)15-11-17(19(22)18(21)12-15)20(25)23-24-26-16-8-3-2-4-9-16/h5-7,10-12,16,24H,2-4,8-9H2,1H3,(H,23,25). The van der Waals surface area contributed by atoms with Gasteiger partial charge in [-0.05, 0) is 43.0 Å². The first-order valence-corrected chi connectivity index (χ1v) is 10.1. The van der Waals surface area contributed by atoms with Gasteiger partial charge in [0.2, 0.25) is 0 Å². The molecule has 26 heavy (non-hydrogen) atoms. The predicted octanol–water partition coefficient (Wildman–Crippen LogP) is 5.67. The Labute approximate surface area is 162 Å². The fourth-order valence-electron chi connectivity index (χ4n) is 3.16. The number of carbonyl (C=O) groups excluding carboxylic acids is 1. The maximum absolute atomic E-state index is 14.4. The van der Waals surface area contributed by atoms with E-state index in [1.807, 2.05) is 31.2 Å². The molecule has 0 aliphatic heterocycles. The van der Waals surface area contributed by atoms with Gasteiger partial charge in [0.05, 0.1) is 10.6 Å². The summed E-state index contributed by atoms with van der Waals surface area (Å²) in [6.07, 6.45) is 5.98. The summed E-state index contributed by atoms with van der Waals surface area (Å²) in [5.41, 5.74) is 5.21. The maximum atomic E-state index is 14.4. The van der Waals surface area contributed by atoms with E-state index in [1.54, 1.807) is 6.07 Å². The van der Waals surface area contributed by atoms with Crippen LogP contribution in [0.2, 0.25) is 5.02 Å². The lowest BCUT2D eigenvalue weighted by Gasteiger charge is -2.21. The molecule has 138 valence electrons. The van der Waals surface area contributed by atoms with E-state index in [0.717, 1.165) is 24.0 Å². The summed E-state index contributed by atoms with van der Waals surface area (Å²) in [7, 11) is 0. The van der Waals surface area contributed by atoms with Crippen LogP contribution in [0.1, 0.15) is 48.0 Å². The number of amides is 1. The highest BCUT2D eigenvalue weighted by Crippen LogP contribution is 2.29.